The van der Waals surface area contributed by atoms with Crippen molar-refractivity contribution in [3.63, 3.8) is 0 Å². The second kappa shape index (κ2) is 5.48. The van der Waals surface area contributed by atoms with Gasteiger partial charge in [0.25, 0.3) is 5.91 Å². The van der Waals surface area contributed by atoms with E-state index < -0.39 is 6.04 Å². The van der Waals surface area contributed by atoms with Crippen LogP contribution < -0.4 is 5.73 Å². The Morgan fingerprint density at radius 1 is 1.56 bits per heavy atom. The lowest BCUT2D eigenvalue weighted by Crippen LogP contribution is -2.43. The molecule has 0 saturated carbocycles. The molecular weight excluding hydrogens is 237 g/mol. The van der Waals surface area contributed by atoms with Gasteiger partial charge in [-0.1, -0.05) is 5.16 Å². The molecule has 0 heterocycles. The van der Waals surface area contributed by atoms with Crippen molar-refractivity contribution in [1.29, 1.82) is 0 Å². The maximum atomic E-state index is 13.1. The number of amides is 1. The Bertz CT molecular complexity index is 488. The van der Waals surface area contributed by atoms with Gasteiger partial charge < -0.3 is 15.8 Å². The Labute approximate surface area is 105 Å². The highest BCUT2D eigenvalue weighted by Crippen LogP contribution is 2.12. The Kier molecular flexibility index (Phi) is 4.25. The molecule has 18 heavy (non-hydrogen) atoms. The van der Waals surface area contributed by atoms with Gasteiger partial charge in [0, 0.05) is 12.6 Å². The van der Waals surface area contributed by atoms with Crippen molar-refractivity contribution in [3.8, 4) is 0 Å². The number of amidine groups is 1. The standard InChI is InChI=1S/C12H16FN3O2/c1-7-6-9(4-5-10(7)13)12(17)16(3)8(2)11(14)15-18/h4-6,8,18H,1-3H3,(H2,14,15). The smallest absolute Gasteiger partial charge is 0.254 e. The third-order valence-electron chi connectivity index (χ3n) is 2.85. The Morgan fingerprint density at radius 3 is 2.67 bits per heavy atom. The normalized spacial score (nSPS) is 13.2. The van der Waals surface area contributed by atoms with Crippen LogP contribution in [0.2, 0.25) is 0 Å². The molecule has 1 unspecified atom stereocenters. The highest BCUT2D eigenvalue weighted by atomic mass is 19.1. The van der Waals surface area contributed by atoms with E-state index in [-0.39, 0.29) is 17.6 Å². The first-order chi connectivity index (χ1) is 8.38. The summed E-state index contributed by atoms with van der Waals surface area (Å²) >= 11 is 0. The lowest BCUT2D eigenvalue weighted by Gasteiger charge is -2.23. The van der Waals surface area contributed by atoms with E-state index in [0.717, 1.165) is 0 Å². The van der Waals surface area contributed by atoms with Crippen LogP contribution in [0.1, 0.15) is 22.8 Å². The largest absolute Gasteiger partial charge is 0.409 e. The minimum absolute atomic E-state index is 0.0651. The highest BCUT2D eigenvalue weighted by Gasteiger charge is 2.20. The predicted molar refractivity (Wildman–Crippen MR) is 66.1 cm³/mol. The van der Waals surface area contributed by atoms with Gasteiger partial charge in [-0.2, -0.15) is 0 Å². The predicted octanol–water partition coefficient (Wildman–Crippen LogP) is 1.34. The third-order valence-corrected chi connectivity index (χ3v) is 2.85. The topological polar surface area (TPSA) is 78.9 Å². The van der Waals surface area contributed by atoms with Crippen LogP contribution in [0.15, 0.2) is 23.4 Å². The molecule has 1 amide bonds. The Balaban J connectivity index is 2.96. The summed E-state index contributed by atoms with van der Waals surface area (Å²) in [6, 6.07) is 3.56. The molecule has 0 saturated heterocycles. The van der Waals surface area contributed by atoms with Gasteiger partial charge in [0.15, 0.2) is 5.84 Å². The number of hydrogen-bond donors (Lipinski definition) is 2. The lowest BCUT2D eigenvalue weighted by atomic mass is 10.1. The molecule has 0 fully saturated rings. The van der Waals surface area contributed by atoms with E-state index in [0.29, 0.717) is 11.1 Å². The zero-order valence-corrected chi connectivity index (χ0v) is 10.5. The lowest BCUT2D eigenvalue weighted by molar-refractivity contribution is 0.0776. The third kappa shape index (κ3) is 2.77. The van der Waals surface area contributed by atoms with Gasteiger partial charge in [-0.3, -0.25) is 4.79 Å². The van der Waals surface area contributed by atoms with Gasteiger partial charge >= 0.3 is 0 Å². The summed E-state index contributed by atoms with van der Waals surface area (Å²) in [5, 5.41) is 11.4. The zero-order chi connectivity index (χ0) is 13.9. The molecule has 1 aromatic rings. The average molecular weight is 253 g/mol. The van der Waals surface area contributed by atoms with Gasteiger partial charge in [0.1, 0.15) is 5.82 Å². The average Bonchev–Trinajstić information content (AvgIpc) is 2.38. The Hall–Kier alpha value is -2.11. The van der Waals surface area contributed by atoms with Crippen LogP contribution >= 0.6 is 0 Å². The first-order valence-electron chi connectivity index (χ1n) is 5.39. The van der Waals surface area contributed by atoms with Gasteiger partial charge in [-0.15, -0.1) is 0 Å². The number of oxime groups is 1. The molecule has 1 aromatic carbocycles. The SMILES string of the molecule is Cc1cc(C(=O)N(C)C(C)C(N)=NO)ccc1F. The number of nitrogens with two attached hydrogens (primary N) is 1. The summed E-state index contributed by atoms with van der Waals surface area (Å²) in [6.45, 7) is 3.21. The number of rotatable bonds is 3. The minimum atomic E-state index is -0.548. The summed E-state index contributed by atoms with van der Waals surface area (Å²) in [5.74, 6) is -0.749. The van der Waals surface area contributed by atoms with Crippen LogP contribution in [0.3, 0.4) is 0 Å². The molecule has 0 spiro atoms. The number of carbonyl (C=O) groups excluding carboxylic acids is 1. The van der Waals surface area contributed by atoms with Crippen LogP contribution in [-0.4, -0.2) is 34.9 Å². The van der Waals surface area contributed by atoms with Crippen LogP contribution in [0, 0.1) is 12.7 Å². The molecule has 0 aromatic heterocycles. The molecule has 0 bridgehead atoms. The van der Waals surface area contributed by atoms with E-state index in [4.69, 9.17) is 10.9 Å². The van der Waals surface area contributed by atoms with Crippen LogP contribution in [0.25, 0.3) is 0 Å². The fraction of sp³-hybridized carbons (Fsp3) is 0.333. The van der Waals surface area contributed by atoms with Crippen molar-refractivity contribution in [2.75, 3.05) is 7.05 Å². The molecule has 5 nitrogen and oxygen atoms in total. The van der Waals surface area contributed by atoms with E-state index in [1.165, 1.54) is 30.1 Å². The van der Waals surface area contributed by atoms with E-state index in [2.05, 4.69) is 5.16 Å². The highest BCUT2D eigenvalue weighted by molar-refractivity contribution is 5.98. The molecule has 6 heteroatoms. The van der Waals surface area contributed by atoms with Gasteiger partial charge in [0.05, 0.1) is 6.04 Å². The van der Waals surface area contributed by atoms with Gasteiger partial charge in [-0.05, 0) is 37.6 Å². The van der Waals surface area contributed by atoms with Crippen molar-refractivity contribution in [1.82, 2.24) is 4.90 Å². The molecule has 0 aliphatic rings. The van der Waals surface area contributed by atoms with E-state index in [1.807, 2.05) is 0 Å². The summed E-state index contributed by atoms with van der Waals surface area (Å²) in [5.41, 5.74) is 6.18. The van der Waals surface area contributed by atoms with Crippen molar-refractivity contribution in [2.24, 2.45) is 10.9 Å². The molecule has 1 rings (SSSR count). The molecular formula is C12H16FN3O2. The zero-order valence-electron chi connectivity index (χ0n) is 10.5. The maximum Gasteiger partial charge on any atom is 0.254 e. The number of benzene rings is 1. The van der Waals surface area contributed by atoms with Crippen molar-refractivity contribution in [3.05, 3.63) is 35.1 Å². The molecule has 0 aliphatic carbocycles. The fourth-order valence-corrected chi connectivity index (χ4v) is 1.44. The number of nitrogens with zero attached hydrogens (tertiary/aromatic N) is 2. The van der Waals surface area contributed by atoms with Crippen molar-refractivity contribution in [2.45, 2.75) is 19.9 Å². The van der Waals surface area contributed by atoms with Gasteiger partial charge in [-0.25, -0.2) is 4.39 Å². The molecule has 3 N–H and O–H groups in total. The summed E-state index contributed by atoms with van der Waals surface area (Å²) in [4.78, 5) is 13.4. The molecule has 0 aliphatic heterocycles. The van der Waals surface area contributed by atoms with E-state index >= 15 is 0 Å². The fourth-order valence-electron chi connectivity index (χ4n) is 1.44. The summed E-state index contributed by atoms with van der Waals surface area (Å²) in [6.07, 6.45) is 0. The van der Waals surface area contributed by atoms with Crippen molar-refractivity contribution < 1.29 is 14.4 Å². The first-order valence-corrected chi connectivity index (χ1v) is 5.39. The Morgan fingerprint density at radius 2 is 2.17 bits per heavy atom. The maximum absolute atomic E-state index is 13.1. The monoisotopic (exact) mass is 253 g/mol. The quantitative estimate of drug-likeness (QED) is 0.369. The second-order valence-electron chi connectivity index (χ2n) is 4.08. The first kappa shape index (κ1) is 14.0. The number of halogens is 1. The molecule has 1 atom stereocenters. The summed E-state index contributed by atoms with van der Waals surface area (Å²) < 4.78 is 13.1. The van der Waals surface area contributed by atoms with Crippen molar-refractivity contribution >= 4 is 11.7 Å². The number of likely N-dealkylation sites (N-methyl/N-ethyl adjacent to an activating group) is 1. The summed E-state index contributed by atoms with van der Waals surface area (Å²) in [7, 11) is 1.53. The molecule has 98 valence electrons. The minimum Gasteiger partial charge on any atom is -0.409 e. The second-order valence-corrected chi connectivity index (χ2v) is 4.08. The van der Waals surface area contributed by atoms with E-state index in [9.17, 15) is 9.18 Å². The van der Waals surface area contributed by atoms with Crippen LogP contribution in [-0.2, 0) is 0 Å². The van der Waals surface area contributed by atoms with Crippen LogP contribution in [0.4, 0.5) is 4.39 Å². The van der Waals surface area contributed by atoms with Crippen LogP contribution in [0.5, 0.6) is 0 Å². The number of hydrogen-bond acceptors (Lipinski definition) is 3. The number of carbonyl (C=O) groups is 1. The van der Waals surface area contributed by atoms with Gasteiger partial charge in [0.2, 0.25) is 0 Å². The molecule has 0 radical (unpaired) electrons. The number of aryl methyl sites for hydroxylation is 1. The van der Waals surface area contributed by atoms with E-state index in [1.54, 1.807) is 13.8 Å².